The van der Waals surface area contributed by atoms with Crippen LogP contribution in [-0.2, 0) is 25.4 Å². The normalized spacial score (nSPS) is 17.5. The zero-order valence-corrected chi connectivity index (χ0v) is 26.2. The molecule has 9 nitrogen and oxygen atoms in total. The molecule has 11 heteroatoms. The van der Waals surface area contributed by atoms with Gasteiger partial charge in [0.1, 0.15) is 11.5 Å². The van der Waals surface area contributed by atoms with E-state index in [0.717, 1.165) is 5.56 Å². The summed E-state index contributed by atoms with van der Waals surface area (Å²) in [4.78, 5) is 0.728. The van der Waals surface area contributed by atoms with E-state index in [1.54, 1.807) is 45.6 Å². The Morgan fingerprint density at radius 2 is 1.36 bits per heavy atom. The first-order chi connectivity index (χ1) is 20.3. The van der Waals surface area contributed by atoms with Gasteiger partial charge in [-0.25, -0.2) is 8.42 Å². The maximum absolute atomic E-state index is 13.4. The van der Waals surface area contributed by atoms with Crippen LogP contribution in [0.5, 0.6) is 28.7 Å². The molecule has 1 aliphatic rings. The Hall–Kier alpha value is -3.28. The van der Waals surface area contributed by atoms with Gasteiger partial charge in [0.25, 0.3) is 0 Å². The smallest absolute Gasteiger partial charge is 0.203 e. The van der Waals surface area contributed by atoms with Crippen LogP contribution in [0.25, 0.3) is 0 Å². The van der Waals surface area contributed by atoms with Crippen molar-refractivity contribution in [2.24, 2.45) is 0 Å². The van der Waals surface area contributed by atoms with Gasteiger partial charge in [0.05, 0.1) is 63.0 Å². The van der Waals surface area contributed by atoms with E-state index < -0.39 is 20.6 Å². The van der Waals surface area contributed by atoms with Crippen molar-refractivity contribution >= 4 is 20.6 Å². The summed E-state index contributed by atoms with van der Waals surface area (Å²) in [5.74, 6) is 2.12. The number of hydrogen-bond acceptors (Lipinski definition) is 9. The fourth-order valence-corrected chi connectivity index (χ4v) is 7.46. The lowest BCUT2D eigenvalue weighted by atomic mass is 10.0. The van der Waals surface area contributed by atoms with Crippen LogP contribution >= 0.6 is 0 Å². The number of ether oxygens (including phenoxy) is 6. The molecule has 0 amide bonds. The second-order valence-electron chi connectivity index (χ2n) is 9.73. The Kier molecular flexibility index (Phi) is 10.7. The van der Waals surface area contributed by atoms with Gasteiger partial charge in [-0.15, -0.1) is 0 Å². The second kappa shape index (κ2) is 14.3. The van der Waals surface area contributed by atoms with Gasteiger partial charge in [-0.2, -0.15) is 0 Å². The summed E-state index contributed by atoms with van der Waals surface area (Å²) >= 11 is 0. The zero-order valence-electron chi connectivity index (χ0n) is 24.6. The Labute approximate surface area is 250 Å². The summed E-state index contributed by atoms with van der Waals surface area (Å²) in [5, 5.41) is 0. The van der Waals surface area contributed by atoms with Crippen LogP contribution in [0, 0.1) is 0 Å². The van der Waals surface area contributed by atoms with Gasteiger partial charge in [-0.1, -0.05) is 25.1 Å². The SMILES string of the molecule is CCCS(=O)(=O)c1cc(C2CCC(c3cc(OC)c(OC)c(OC)c3)O2)cc(OC)c1OCCS(=O)c1ccccc1. The fourth-order valence-electron chi connectivity index (χ4n) is 5.01. The molecule has 3 unspecified atom stereocenters. The molecule has 42 heavy (non-hydrogen) atoms. The van der Waals surface area contributed by atoms with Crippen LogP contribution in [-0.4, -0.2) is 59.2 Å². The summed E-state index contributed by atoms with van der Waals surface area (Å²) in [6.45, 7) is 1.86. The molecule has 0 bridgehead atoms. The Morgan fingerprint density at radius 3 is 1.88 bits per heavy atom. The van der Waals surface area contributed by atoms with Crippen molar-refractivity contribution in [3.05, 3.63) is 65.7 Å². The lowest BCUT2D eigenvalue weighted by Crippen LogP contribution is -2.14. The maximum Gasteiger partial charge on any atom is 0.203 e. The number of sulfone groups is 1. The molecule has 1 aliphatic heterocycles. The van der Waals surface area contributed by atoms with Crippen molar-refractivity contribution in [3.63, 3.8) is 0 Å². The third-order valence-corrected chi connectivity index (χ3v) is 10.3. The molecule has 1 fully saturated rings. The number of benzene rings is 3. The van der Waals surface area contributed by atoms with Crippen LogP contribution in [0.2, 0.25) is 0 Å². The molecule has 0 N–H and O–H groups in total. The molecule has 0 aliphatic carbocycles. The van der Waals surface area contributed by atoms with Crippen LogP contribution in [0.1, 0.15) is 49.5 Å². The first kappa shape index (κ1) is 31.7. The highest BCUT2D eigenvalue weighted by atomic mass is 32.2. The number of methoxy groups -OCH3 is 4. The topological polar surface area (TPSA) is 107 Å². The first-order valence-corrected chi connectivity index (χ1v) is 16.7. The van der Waals surface area contributed by atoms with Gasteiger partial charge in [0.2, 0.25) is 5.75 Å². The van der Waals surface area contributed by atoms with E-state index in [0.29, 0.717) is 47.0 Å². The Morgan fingerprint density at radius 1 is 0.810 bits per heavy atom. The quantitative estimate of drug-likeness (QED) is 0.225. The summed E-state index contributed by atoms with van der Waals surface area (Å²) in [7, 11) is 1.15. The summed E-state index contributed by atoms with van der Waals surface area (Å²) in [6, 6.07) is 16.2. The molecule has 3 aromatic carbocycles. The number of rotatable bonds is 14. The van der Waals surface area contributed by atoms with Gasteiger partial charge < -0.3 is 28.4 Å². The molecule has 228 valence electrons. The van der Waals surface area contributed by atoms with Crippen molar-refractivity contribution in [2.45, 2.75) is 48.2 Å². The largest absolute Gasteiger partial charge is 0.493 e. The molecule has 1 saturated heterocycles. The van der Waals surface area contributed by atoms with Gasteiger partial charge in [-0.05, 0) is 66.8 Å². The van der Waals surface area contributed by atoms with Crippen molar-refractivity contribution in [2.75, 3.05) is 46.6 Å². The van der Waals surface area contributed by atoms with Crippen molar-refractivity contribution in [3.8, 4) is 28.7 Å². The van der Waals surface area contributed by atoms with E-state index in [4.69, 9.17) is 28.4 Å². The average Bonchev–Trinajstić information content (AvgIpc) is 3.51. The summed E-state index contributed by atoms with van der Waals surface area (Å²) in [5.41, 5.74) is 1.54. The molecule has 4 rings (SSSR count). The standard InChI is InChI=1S/C31H38O9S2/c1-6-16-42(33,34)29-20-22(19-28(37-4)31(29)39-14-15-41(32)23-10-8-7-9-11-23)25-13-12-24(40-25)21-17-26(35-2)30(38-5)27(18-21)36-3/h7-11,17-20,24-25H,6,12-16H2,1-5H3. The van der Waals surface area contributed by atoms with Crippen LogP contribution in [0.4, 0.5) is 0 Å². The highest BCUT2D eigenvalue weighted by Crippen LogP contribution is 2.48. The highest BCUT2D eigenvalue weighted by Gasteiger charge is 2.32. The van der Waals surface area contributed by atoms with Crippen molar-refractivity contribution < 1.29 is 41.0 Å². The predicted octanol–water partition coefficient (Wildman–Crippen LogP) is 5.68. The zero-order chi connectivity index (χ0) is 30.3. The summed E-state index contributed by atoms with van der Waals surface area (Å²) in [6.07, 6.45) is 1.16. The molecule has 0 spiro atoms. The Balaban J connectivity index is 1.62. The van der Waals surface area contributed by atoms with Crippen molar-refractivity contribution in [1.82, 2.24) is 0 Å². The summed E-state index contributed by atoms with van der Waals surface area (Å²) < 4.78 is 74.1. The molecule has 0 saturated carbocycles. The first-order valence-electron chi connectivity index (χ1n) is 13.7. The fraction of sp³-hybridized carbons (Fsp3) is 0.419. The second-order valence-corrected chi connectivity index (χ2v) is 13.4. The van der Waals surface area contributed by atoms with E-state index in [-0.39, 0.29) is 46.7 Å². The minimum atomic E-state index is -3.70. The van der Waals surface area contributed by atoms with Gasteiger partial charge in [0.15, 0.2) is 32.8 Å². The van der Waals surface area contributed by atoms with Gasteiger partial charge in [0, 0.05) is 4.90 Å². The predicted molar refractivity (Wildman–Crippen MR) is 160 cm³/mol. The molecule has 1 heterocycles. The van der Waals surface area contributed by atoms with Crippen molar-refractivity contribution in [1.29, 1.82) is 0 Å². The minimum absolute atomic E-state index is 0.0454. The highest BCUT2D eigenvalue weighted by molar-refractivity contribution is 7.91. The average molecular weight is 619 g/mol. The van der Waals surface area contributed by atoms with Crippen LogP contribution in [0.3, 0.4) is 0 Å². The van der Waals surface area contributed by atoms with Crippen LogP contribution < -0.4 is 23.7 Å². The van der Waals surface area contributed by atoms with Gasteiger partial charge in [-0.3, -0.25) is 4.21 Å². The molecule has 0 radical (unpaired) electrons. The molecule has 3 atom stereocenters. The van der Waals surface area contributed by atoms with E-state index in [2.05, 4.69) is 0 Å². The molecule has 3 aromatic rings. The van der Waals surface area contributed by atoms with Crippen LogP contribution in [0.15, 0.2) is 64.4 Å². The minimum Gasteiger partial charge on any atom is -0.493 e. The lowest BCUT2D eigenvalue weighted by molar-refractivity contribution is 0.0435. The van der Waals surface area contributed by atoms with E-state index in [9.17, 15) is 12.6 Å². The van der Waals surface area contributed by atoms with Gasteiger partial charge >= 0.3 is 0 Å². The maximum atomic E-state index is 13.4. The van der Waals surface area contributed by atoms with E-state index >= 15 is 0 Å². The lowest BCUT2D eigenvalue weighted by Gasteiger charge is -2.21. The Bertz CT molecular complexity index is 1460. The molecular weight excluding hydrogens is 580 g/mol. The molecular formula is C31H38O9S2. The number of hydrogen-bond donors (Lipinski definition) is 0. The third-order valence-electron chi connectivity index (χ3n) is 7.04. The third kappa shape index (κ3) is 7.02. The van der Waals surface area contributed by atoms with E-state index in [1.807, 2.05) is 37.3 Å². The van der Waals surface area contributed by atoms with E-state index in [1.165, 1.54) is 7.11 Å². The monoisotopic (exact) mass is 618 g/mol. The molecule has 0 aromatic heterocycles.